The number of hydrogen-bond acceptors (Lipinski definition) is 3. The van der Waals surface area contributed by atoms with E-state index in [-0.39, 0.29) is 17.2 Å². The van der Waals surface area contributed by atoms with Gasteiger partial charge in [0.1, 0.15) is 0 Å². The summed E-state index contributed by atoms with van der Waals surface area (Å²) in [6.07, 6.45) is 2.72. The summed E-state index contributed by atoms with van der Waals surface area (Å²) in [6, 6.07) is 0. The average molecular weight is 229 g/mol. The van der Waals surface area contributed by atoms with Crippen molar-refractivity contribution >= 4 is 5.91 Å². The fourth-order valence-electron chi connectivity index (χ4n) is 1.65. The summed E-state index contributed by atoms with van der Waals surface area (Å²) < 4.78 is 0. The smallest absolute Gasteiger partial charge is 0.224 e. The van der Waals surface area contributed by atoms with Gasteiger partial charge in [-0.2, -0.15) is 0 Å². The first-order chi connectivity index (χ1) is 7.40. The number of unbranched alkanes of at least 4 members (excludes halogenated alkanes) is 1. The molecular formula is C12H27N3O. The minimum atomic E-state index is -0.0714. The summed E-state index contributed by atoms with van der Waals surface area (Å²) in [4.78, 5) is 11.8. The van der Waals surface area contributed by atoms with E-state index in [1.165, 1.54) is 0 Å². The van der Waals surface area contributed by atoms with Crippen LogP contribution in [0.3, 0.4) is 0 Å². The Morgan fingerprint density at radius 2 is 1.88 bits per heavy atom. The zero-order valence-electron chi connectivity index (χ0n) is 10.9. The summed E-state index contributed by atoms with van der Waals surface area (Å²) in [5, 5.41) is 2.92. The van der Waals surface area contributed by atoms with Gasteiger partial charge in [0.05, 0.1) is 5.92 Å². The molecule has 1 atom stereocenters. The first kappa shape index (κ1) is 15.4. The molecule has 96 valence electrons. The van der Waals surface area contributed by atoms with Gasteiger partial charge >= 0.3 is 0 Å². The Hall–Kier alpha value is -0.610. The molecule has 0 aliphatic heterocycles. The molecular weight excluding hydrogens is 202 g/mol. The van der Waals surface area contributed by atoms with Crippen LogP contribution in [0.4, 0.5) is 0 Å². The lowest BCUT2D eigenvalue weighted by molar-refractivity contribution is -0.125. The van der Waals surface area contributed by atoms with E-state index in [0.717, 1.165) is 19.3 Å². The SMILES string of the molecule is CC(C)(C)CC(CN)C(=O)NCCCCN. The largest absolute Gasteiger partial charge is 0.356 e. The monoisotopic (exact) mass is 229 g/mol. The highest BCUT2D eigenvalue weighted by atomic mass is 16.1. The lowest BCUT2D eigenvalue weighted by atomic mass is 9.84. The van der Waals surface area contributed by atoms with Crippen molar-refractivity contribution in [3.05, 3.63) is 0 Å². The molecule has 16 heavy (non-hydrogen) atoms. The van der Waals surface area contributed by atoms with Crippen LogP contribution in [0, 0.1) is 11.3 Å². The van der Waals surface area contributed by atoms with E-state index in [4.69, 9.17) is 11.5 Å². The van der Waals surface area contributed by atoms with Crippen molar-refractivity contribution in [1.82, 2.24) is 5.32 Å². The third kappa shape index (κ3) is 7.65. The highest BCUT2D eigenvalue weighted by Crippen LogP contribution is 2.23. The fraction of sp³-hybridized carbons (Fsp3) is 0.917. The van der Waals surface area contributed by atoms with Crippen molar-refractivity contribution in [2.45, 2.75) is 40.0 Å². The highest BCUT2D eigenvalue weighted by Gasteiger charge is 2.23. The molecule has 4 heteroatoms. The Bertz CT molecular complexity index is 199. The normalized spacial score (nSPS) is 13.6. The van der Waals surface area contributed by atoms with Crippen molar-refractivity contribution in [1.29, 1.82) is 0 Å². The summed E-state index contributed by atoms with van der Waals surface area (Å²) in [6.45, 7) is 8.17. The van der Waals surface area contributed by atoms with Gasteiger partial charge in [0.25, 0.3) is 0 Å². The van der Waals surface area contributed by atoms with Crippen LogP contribution in [0.2, 0.25) is 0 Å². The molecule has 0 aliphatic rings. The van der Waals surface area contributed by atoms with Crippen LogP contribution in [0.25, 0.3) is 0 Å². The number of nitrogens with one attached hydrogen (secondary N) is 1. The number of carbonyl (C=O) groups is 1. The standard InChI is InChI=1S/C12H27N3O/c1-12(2,3)8-10(9-14)11(16)15-7-5-4-6-13/h10H,4-9,13-14H2,1-3H3,(H,15,16). The molecule has 0 radical (unpaired) electrons. The molecule has 0 bridgehead atoms. The lowest BCUT2D eigenvalue weighted by Gasteiger charge is -2.24. The van der Waals surface area contributed by atoms with E-state index in [1.807, 2.05) is 0 Å². The predicted molar refractivity (Wildman–Crippen MR) is 67.9 cm³/mol. The Morgan fingerprint density at radius 3 is 2.31 bits per heavy atom. The molecule has 0 aliphatic carbocycles. The van der Waals surface area contributed by atoms with Crippen LogP contribution in [0.1, 0.15) is 40.0 Å². The molecule has 1 amide bonds. The summed E-state index contributed by atoms with van der Waals surface area (Å²) in [7, 11) is 0. The Balaban J connectivity index is 3.92. The highest BCUT2D eigenvalue weighted by molar-refractivity contribution is 5.78. The van der Waals surface area contributed by atoms with Crippen molar-refractivity contribution in [3.8, 4) is 0 Å². The van der Waals surface area contributed by atoms with Crippen molar-refractivity contribution in [2.75, 3.05) is 19.6 Å². The molecule has 0 saturated heterocycles. The van der Waals surface area contributed by atoms with Crippen molar-refractivity contribution < 1.29 is 4.79 Å². The quantitative estimate of drug-likeness (QED) is 0.566. The van der Waals surface area contributed by atoms with Crippen LogP contribution in [0.15, 0.2) is 0 Å². The average Bonchev–Trinajstić information content (AvgIpc) is 2.19. The van der Waals surface area contributed by atoms with E-state index in [1.54, 1.807) is 0 Å². The minimum absolute atomic E-state index is 0.0714. The van der Waals surface area contributed by atoms with Gasteiger partial charge in [0.2, 0.25) is 5.91 Å². The third-order valence-corrected chi connectivity index (χ3v) is 2.44. The summed E-state index contributed by atoms with van der Waals surface area (Å²) >= 11 is 0. The fourth-order valence-corrected chi connectivity index (χ4v) is 1.65. The van der Waals surface area contributed by atoms with Gasteiger partial charge in [-0.1, -0.05) is 20.8 Å². The maximum Gasteiger partial charge on any atom is 0.224 e. The second kappa shape index (κ2) is 7.63. The van der Waals surface area contributed by atoms with Crippen LogP contribution in [0.5, 0.6) is 0 Å². The van der Waals surface area contributed by atoms with Gasteiger partial charge < -0.3 is 16.8 Å². The number of rotatable bonds is 7. The molecule has 0 spiro atoms. The Labute approximate surface area is 99.1 Å². The van der Waals surface area contributed by atoms with Gasteiger partial charge in [-0.05, 0) is 31.2 Å². The molecule has 0 saturated carbocycles. The molecule has 1 unspecified atom stereocenters. The van der Waals surface area contributed by atoms with E-state index < -0.39 is 0 Å². The molecule has 0 rings (SSSR count). The van der Waals surface area contributed by atoms with E-state index in [9.17, 15) is 4.79 Å². The van der Waals surface area contributed by atoms with Gasteiger partial charge in [-0.3, -0.25) is 4.79 Å². The van der Waals surface area contributed by atoms with Crippen LogP contribution in [-0.2, 0) is 4.79 Å². The van der Waals surface area contributed by atoms with Crippen LogP contribution >= 0.6 is 0 Å². The molecule has 0 aromatic carbocycles. The minimum Gasteiger partial charge on any atom is -0.356 e. The second-order valence-electron chi connectivity index (χ2n) is 5.48. The molecule has 5 N–H and O–H groups in total. The summed E-state index contributed by atoms with van der Waals surface area (Å²) in [5.74, 6) is 0.00678. The molecule has 0 fully saturated rings. The lowest BCUT2D eigenvalue weighted by Crippen LogP contribution is -2.37. The maximum absolute atomic E-state index is 11.8. The Kier molecular flexibility index (Phi) is 7.34. The first-order valence-corrected chi connectivity index (χ1v) is 6.08. The number of hydrogen-bond donors (Lipinski definition) is 3. The second-order valence-corrected chi connectivity index (χ2v) is 5.48. The van der Waals surface area contributed by atoms with E-state index >= 15 is 0 Å². The van der Waals surface area contributed by atoms with E-state index in [2.05, 4.69) is 26.1 Å². The van der Waals surface area contributed by atoms with Gasteiger partial charge in [-0.25, -0.2) is 0 Å². The zero-order valence-corrected chi connectivity index (χ0v) is 10.9. The summed E-state index contributed by atoms with van der Waals surface area (Å²) in [5.41, 5.74) is 11.1. The molecule has 0 heterocycles. The zero-order chi connectivity index (χ0) is 12.6. The van der Waals surface area contributed by atoms with Crippen molar-refractivity contribution in [2.24, 2.45) is 22.8 Å². The molecule has 0 aromatic rings. The van der Waals surface area contributed by atoms with Gasteiger partial charge in [0, 0.05) is 13.1 Å². The number of nitrogens with two attached hydrogens (primary N) is 2. The third-order valence-electron chi connectivity index (χ3n) is 2.44. The van der Waals surface area contributed by atoms with Crippen LogP contribution < -0.4 is 16.8 Å². The van der Waals surface area contributed by atoms with E-state index in [0.29, 0.717) is 19.6 Å². The van der Waals surface area contributed by atoms with Crippen molar-refractivity contribution in [3.63, 3.8) is 0 Å². The first-order valence-electron chi connectivity index (χ1n) is 6.08. The van der Waals surface area contributed by atoms with Gasteiger partial charge in [-0.15, -0.1) is 0 Å². The molecule has 0 aromatic heterocycles. The Morgan fingerprint density at radius 1 is 1.25 bits per heavy atom. The number of carbonyl (C=O) groups excluding carboxylic acids is 1. The van der Waals surface area contributed by atoms with Gasteiger partial charge in [0.15, 0.2) is 0 Å². The maximum atomic E-state index is 11.8. The topological polar surface area (TPSA) is 81.1 Å². The predicted octanol–water partition coefficient (Wildman–Crippen LogP) is 0.853. The molecule has 4 nitrogen and oxygen atoms in total. The number of amides is 1. The van der Waals surface area contributed by atoms with Crippen LogP contribution in [-0.4, -0.2) is 25.5 Å².